The molecule has 0 radical (unpaired) electrons. The number of methoxy groups -OCH3 is 1. The third-order valence-electron chi connectivity index (χ3n) is 5.17. The van der Waals surface area contributed by atoms with Crippen LogP contribution in [0.2, 0.25) is 0 Å². The van der Waals surface area contributed by atoms with E-state index in [0.29, 0.717) is 29.7 Å². The van der Waals surface area contributed by atoms with Crippen molar-refractivity contribution in [2.24, 2.45) is 0 Å². The van der Waals surface area contributed by atoms with Gasteiger partial charge < -0.3 is 14.4 Å². The summed E-state index contributed by atoms with van der Waals surface area (Å²) in [6.45, 7) is 1.10. The maximum atomic E-state index is 12.1. The monoisotopic (exact) mass is 455 g/mol. The number of carbonyl (C=O) groups excluding carboxylic acids is 2. The van der Waals surface area contributed by atoms with Crippen molar-refractivity contribution in [1.82, 2.24) is 4.90 Å². The van der Waals surface area contributed by atoms with Gasteiger partial charge in [0.25, 0.3) is 0 Å². The molecule has 0 unspecified atom stereocenters. The number of rotatable bonds is 2. The van der Waals surface area contributed by atoms with Gasteiger partial charge in [0.2, 0.25) is 6.41 Å². The van der Waals surface area contributed by atoms with Gasteiger partial charge in [-0.15, -0.1) is 0 Å². The molecule has 0 fully saturated rings. The molecule has 2 atom stereocenters. The summed E-state index contributed by atoms with van der Waals surface area (Å²) >= 11 is 7.03. The molecule has 0 N–H and O–H groups in total. The normalized spacial score (nSPS) is 27.6. The fourth-order valence-electron chi connectivity index (χ4n) is 4.00. The van der Waals surface area contributed by atoms with E-state index >= 15 is 0 Å². The molecule has 0 aromatic heterocycles. The highest BCUT2D eigenvalue weighted by Gasteiger charge is 2.53. The van der Waals surface area contributed by atoms with Gasteiger partial charge in [-0.1, -0.05) is 6.08 Å². The van der Waals surface area contributed by atoms with Crippen molar-refractivity contribution in [2.75, 3.05) is 13.7 Å². The Kier molecular flexibility index (Phi) is 3.76. The maximum absolute atomic E-state index is 12.1. The summed E-state index contributed by atoms with van der Waals surface area (Å²) in [5.74, 6) is 1.45. The molecule has 1 aromatic carbocycles. The molecule has 1 aromatic rings. The highest BCUT2D eigenvalue weighted by molar-refractivity contribution is 9.12. The Balaban J connectivity index is 2.01. The molecule has 0 bridgehead atoms. The summed E-state index contributed by atoms with van der Waals surface area (Å²) in [6, 6.07) is 1.87. The van der Waals surface area contributed by atoms with Gasteiger partial charge in [-0.3, -0.25) is 9.59 Å². The minimum absolute atomic E-state index is 0.0440. The van der Waals surface area contributed by atoms with Crippen molar-refractivity contribution in [3.8, 4) is 11.5 Å². The largest absolute Gasteiger partial charge is 0.495 e. The van der Waals surface area contributed by atoms with Gasteiger partial charge in [-0.2, -0.15) is 0 Å². The molecule has 4 rings (SSSR count). The number of allylic oxidation sites excluding steroid dienone is 1. The van der Waals surface area contributed by atoms with Gasteiger partial charge in [0.1, 0.15) is 17.6 Å². The average Bonchev–Trinajstić information content (AvgIpc) is 2.76. The van der Waals surface area contributed by atoms with Gasteiger partial charge in [0.15, 0.2) is 5.78 Å². The van der Waals surface area contributed by atoms with Crippen molar-refractivity contribution >= 4 is 44.1 Å². The SMILES string of the molecule is COc1cc2c3c(c1Br)CN(C=O)CC[C@]31C=C(Br)C(=O)C[C@H]1O2. The van der Waals surface area contributed by atoms with Crippen molar-refractivity contribution in [1.29, 1.82) is 0 Å². The van der Waals surface area contributed by atoms with Gasteiger partial charge in [0, 0.05) is 31.1 Å². The Hall–Kier alpha value is -1.34. The van der Waals surface area contributed by atoms with Gasteiger partial charge in [-0.25, -0.2) is 0 Å². The molecule has 2 heterocycles. The molecule has 0 saturated carbocycles. The van der Waals surface area contributed by atoms with E-state index in [1.807, 2.05) is 12.1 Å². The lowest BCUT2D eigenvalue weighted by molar-refractivity contribution is -0.119. The van der Waals surface area contributed by atoms with Crippen LogP contribution in [0.25, 0.3) is 0 Å². The van der Waals surface area contributed by atoms with E-state index in [9.17, 15) is 9.59 Å². The molecule has 126 valence electrons. The van der Waals surface area contributed by atoms with E-state index < -0.39 is 5.41 Å². The second-order valence-corrected chi connectivity index (χ2v) is 7.98. The lowest BCUT2D eigenvalue weighted by atomic mass is 9.69. The minimum atomic E-state index is -0.399. The van der Waals surface area contributed by atoms with Crippen LogP contribution in [0.3, 0.4) is 0 Å². The first-order chi connectivity index (χ1) is 11.5. The van der Waals surface area contributed by atoms with Crippen molar-refractivity contribution in [3.05, 3.63) is 32.2 Å². The molecule has 7 heteroatoms. The Morgan fingerprint density at radius 2 is 2.25 bits per heavy atom. The summed E-state index contributed by atoms with van der Waals surface area (Å²) in [6.07, 6.45) is 3.65. The zero-order chi connectivity index (χ0) is 17.1. The molecule has 1 spiro atoms. The van der Waals surface area contributed by atoms with E-state index in [4.69, 9.17) is 9.47 Å². The van der Waals surface area contributed by atoms with E-state index in [2.05, 4.69) is 31.9 Å². The number of Topliss-reactive ketones (excluding diaryl/α,β-unsaturated/α-hetero) is 1. The second kappa shape index (κ2) is 5.59. The van der Waals surface area contributed by atoms with Crippen LogP contribution < -0.4 is 9.47 Å². The first-order valence-electron chi connectivity index (χ1n) is 7.67. The molecule has 1 amide bonds. The molecular weight excluding hydrogens is 442 g/mol. The van der Waals surface area contributed by atoms with Crippen LogP contribution in [-0.2, 0) is 21.5 Å². The van der Waals surface area contributed by atoms with Crippen LogP contribution in [0, 0.1) is 0 Å². The molecule has 5 nitrogen and oxygen atoms in total. The highest BCUT2D eigenvalue weighted by atomic mass is 79.9. The standard InChI is InChI=1S/C17H15Br2NO4/c1-23-13-5-12-15-9(16(13)19)7-20(8-21)3-2-17(15)6-10(18)11(22)4-14(17)24-12/h5-6,8,14H,2-4,7H2,1H3/t14-,17-/m1/s1. The van der Waals surface area contributed by atoms with Gasteiger partial charge >= 0.3 is 0 Å². The van der Waals surface area contributed by atoms with Crippen LogP contribution in [-0.4, -0.2) is 36.9 Å². The Morgan fingerprint density at radius 1 is 1.46 bits per heavy atom. The zero-order valence-corrected chi connectivity index (χ0v) is 16.1. The molecular formula is C17H15Br2NO4. The Labute approximate surface area is 156 Å². The van der Waals surface area contributed by atoms with Crippen LogP contribution in [0.5, 0.6) is 11.5 Å². The van der Waals surface area contributed by atoms with E-state index in [0.717, 1.165) is 34.2 Å². The fourth-order valence-corrected chi connectivity index (χ4v) is 5.17. The smallest absolute Gasteiger partial charge is 0.210 e. The first kappa shape index (κ1) is 16.1. The number of hydrogen-bond acceptors (Lipinski definition) is 4. The molecule has 1 aliphatic carbocycles. The van der Waals surface area contributed by atoms with E-state index in [1.165, 1.54) is 0 Å². The molecule has 2 aliphatic heterocycles. The van der Waals surface area contributed by atoms with E-state index in [-0.39, 0.29) is 11.9 Å². The Morgan fingerprint density at radius 3 is 2.96 bits per heavy atom. The number of amides is 1. The minimum Gasteiger partial charge on any atom is -0.495 e. The lowest BCUT2D eigenvalue weighted by Crippen LogP contribution is -2.42. The Bertz CT molecular complexity index is 791. The fraction of sp³-hybridized carbons (Fsp3) is 0.412. The average molecular weight is 457 g/mol. The van der Waals surface area contributed by atoms with E-state index in [1.54, 1.807) is 12.0 Å². The summed E-state index contributed by atoms with van der Waals surface area (Å²) in [5.41, 5.74) is 1.65. The topological polar surface area (TPSA) is 55.8 Å². The number of ether oxygens (including phenoxy) is 2. The number of halogens is 2. The lowest BCUT2D eigenvalue weighted by Gasteiger charge is -2.34. The maximum Gasteiger partial charge on any atom is 0.210 e. The summed E-state index contributed by atoms with van der Waals surface area (Å²) in [5, 5.41) is 0. The highest BCUT2D eigenvalue weighted by Crippen LogP contribution is 2.56. The third-order valence-corrected chi connectivity index (χ3v) is 6.71. The van der Waals surface area contributed by atoms with Crippen LogP contribution in [0.4, 0.5) is 0 Å². The van der Waals surface area contributed by atoms with Crippen LogP contribution in [0.1, 0.15) is 24.0 Å². The number of benzene rings is 1. The van der Waals surface area contributed by atoms with Crippen molar-refractivity contribution < 1.29 is 19.1 Å². The zero-order valence-electron chi connectivity index (χ0n) is 13.0. The second-order valence-electron chi connectivity index (χ2n) is 6.34. The number of carbonyl (C=O) groups is 2. The molecule has 0 saturated heterocycles. The summed E-state index contributed by atoms with van der Waals surface area (Å²) < 4.78 is 13.0. The van der Waals surface area contributed by atoms with Crippen molar-refractivity contribution in [3.63, 3.8) is 0 Å². The quantitative estimate of drug-likeness (QED) is 0.641. The number of ketones is 1. The van der Waals surface area contributed by atoms with Gasteiger partial charge in [-0.05, 0) is 43.8 Å². The number of nitrogens with zero attached hydrogens (tertiary/aromatic N) is 1. The predicted octanol–water partition coefficient (Wildman–Crippen LogP) is 3.07. The summed E-state index contributed by atoms with van der Waals surface area (Å²) in [7, 11) is 1.60. The van der Waals surface area contributed by atoms with Crippen LogP contribution >= 0.6 is 31.9 Å². The number of hydrogen-bond donors (Lipinski definition) is 0. The predicted molar refractivity (Wildman–Crippen MR) is 94.5 cm³/mol. The van der Waals surface area contributed by atoms with Crippen molar-refractivity contribution in [2.45, 2.75) is 30.9 Å². The summed E-state index contributed by atoms with van der Waals surface area (Å²) in [4.78, 5) is 25.3. The molecule has 3 aliphatic rings. The third kappa shape index (κ3) is 2.10. The first-order valence-corrected chi connectivity index (χ1v) is 9.26. The molecule has 24 heavy (non-hydrogen) atoms. The van der Waals surface area contributed by atoms with Crippen LogP contribution in [0.15, 0.2) is 21.1 Å². The van der Waals surface area contributed by atoms with Gasteiger partial charge in [0.05, 0.1) is 21.5 Å².